The number of ether oxygens (including phenoxy) is 1. The highest BCUT2D eigenvalue weighted by Crippen LogP contribution is 2.31. The van der Waals surface area contributed by atoms with Crippen molar-refractivity contribution >= 4 is 12.1 Å². The first-order chi connectivity index (χ1) is 16.6. The Kier molecular flexibility index (Phi) is 6.11. The van der Waals surface area contributed by atoms with Crippen LogP contribution in [0.2, 0.25) is 0 Å². The summed E-state index contributed by atoms with van der Waals surface area (Å²) in [6.07, 6.45) is 9.06. The molecule has 2 aliphatic heterocycles. The second-order valence-electron chi connectivity index (χ2n) is 9.14. The van der Waals surface area contributed by atoms with Crippen LogP contribution in [0.3, 0.4) is 0 Å². The maximum atomic E-state index is 13.1. The number of aromatic amines is 1. The molecule has 1 unspecified atom stereocenters. The molecule has 1 N–H and O–H groups in total. The number of aryl methyl sites for hydroxylation is 1. The Bertz CT molecular complexity index is 1190. The highest BCUT2D eigenvalue weighted by molar-refractivity contribution is 5.94. The van der Waals surface area contributed by atoms with Gasteiger partial charge in [-0.1, -0.05) is 29.8 Å². The number of nitrogens with zero attached hydrogens (tertiary/aromatic N) is 4. The summed E-state index contributed by atoms with van der Waals surface area (Å²) in [5.74, 6) is 0.400. The molecule has 1 saturated heterocycles. The lowest BCUT2D eigenvalue weighted by molar-refractivity contribution is 0.0711. The topological polar surface area (TPSA) is 83.5 Å². The SMILES string of the molecule is COCC1(c2ccc(C(=O)N3CCC(c4cc(-c5ccc(C)cc5)n[nH]4)CC3)cn2)C=CN=C1. The van der Waals surface area contributed by atoms with Gasteiger partial charge in [-0.05, 0) is 44.0 Å². The van der Waals surface area contributed by atoms with Gasteiger partial charge in [0.2, 0.25) is 0 Å². The molecular formula is C27H29N5O2. The van der Waals surface area contributed by atoms with Crippen molar-refractivity contribution in [2.24, 2.45) is 4.99 Å². The van der Waals surface area contributed by atoms with Crippen LogP contribution in [-0.4, -0.2) is 59.0 Å². The van der Waals surface area contributed by atoms with Crippen LogP contribution in [0.15, 0.2) is 65.9 Å². The molecule has 0 bridgehead atoms. The van der Waals surface area contributed by atoms with E-state index >= 15 is 0 Å². The summed E-state index contributed by atoms with van der Waals surface area (Å²) < 4.78 is 5.37. The van der Waals surface area contributed by atoms with E-state index in [0.717, 1.165) is 35.5 Å². The van der Waals surface area contributed by atoms with Crippen molar-refractivity contribution in [3.8, 4) is 11.3 Å². The first kappa shape index (κ1) is 22.2. The monoisotopic (exact) mass is 455 g/mol. The normalized spacial score (nSPS) is 20.2. The lowest BCUT2D eigenvalue weighted by atomic mass is 9.87. The number of methoxy groups -OCH3 is 1. The van der Waals surface area contributed by atoms with Crippen molar-refractivity contribution in [2.45, 2.75) is 31.1 Å². The van der Waals surface area contributed by atoms with Gasteiger partial charge in [-0.15, -0.1) is 0 Å². The molecule has 1 atom stereocenters. The van der Waals surface area contributed by atoms with E-state index in [4.69, 9.17) is 4.74 Å². The van der Waals surface area contributed by atoms with Crippen molar-refractivity contribution in [1.29, 1.82) is 0 Å². The first-order valence-corrected chi connectivity index (χ1v) is 11.7. The number of hydrogen-bond donors (Lipinski definition) is 1. The molecule has 3 aromatic rings. The summed E-state index contributed by atoms with van der Waals surface area (Å²) in [7, 11) is 1.66. The van der Waals surface area contributed by atoms with Crippen LogP contribution in [-0.2, 0) is 10.2 Å². The maximum absolute atomic E-state index is 13.1. The number of piperidine rings is 1. The maximum Gasteiger partial charge on any atom is 0.255 e. The standard InChI is InChI=1S/C27H29N5O2/c1-19-3-5-20(6-4-19)23-15-24(31-30-23)21-9-13-32(14-10-21)26(33)22-7-8-25(29-16-22)27(18-34-2)11-12-28-17-27/h3-8,11-12,15-17,21H,9-10,13-14,18H2,1-2H3,(H,30,31). The van der Waals surface area contributed by atoms with E-state index in [1.165, 1.54) is 5.56 Å². The number of likely N-dealkylation sites (tertiary alicyclic amines) is 1. The Morgan fingerprint density at radius 2 is 1.97 bits per heavy atom. The summed E-state index contributed by atoms with van der Waals surface area (Å²) in [6, 6.07) is 14.3. The Labute approximate surface area is 199 Å². The molecule has 2 aromatic heterocycles. The predicted octanol–water partition coefficient (Wildman–Crippen LogP) is 4.28. The van der Waals surface area contributed by atoms with Crippen LogP contribution in [0, 0.1) is 6.92 Å². The minimum Gasteiger partial charge on any atom is -0.383 e. The van der Waals surface area contributed by atoms with E-state index in [1.807, 2.05) is 29.3 Å². The fraction of sp³-hybridized carbons (Fsp3) is 0.333. The average molecular weight is 456 g/mol. The summed E-state index contributed by atoms with van der Waals surface area (Å²) in [4.78, 5) is 23.8. The van der Waals surface area contributed by atoms with E-state index in [2.05, 4.69) is 57.4 Å². The molecule has 1 aromatic carbocycles. The molecule has 1 fully saturated rings. The molecule has 174 valence electrons. The van der Waals surface area contributed by atoms with E-state index in [-0.39, 0.29) is 5.91 Å². The third-order valence-electron chi connectivity index (χ3n) is 6.80. The van der Waals surface area contributed by atoms with Gasteiger partial charge in [0.25, 0.3) is 5.91 Å². The Morgan fingerprint density at radius 3 is 2.62 bits per heavy atom. The third-order valence-corrected chi connectivity index (χ3v) is 6.80. The number of benzene rings is 1. The lowest BCUT2D eigenvalue weighted by Gasteiger charge is -2.31. The zero-order valence-corrected chi connectivity index (χ0v) is 19.6. The molecule has 5 rings (SSSR count). The highest BCUT2D eigenvalue weighted by Gasteiger charge is 2.32. The molecule has 7 nitrogen and oxygen atoms in total. The van der Waals surface area contributed by atoms with Gasteiger partial charge in [0.1, 0.15) is 0 Å². The van der Waals surface area contributed by atoms with Crippen molar-refractivity contribution in [3.05, 3.63) is 83.5 Å². The molecule has 4 heterocycles. The Morgan fingerprint density at radius 1 is 1.18 bits per heavy atom. The van der Waals surface area contributed by atoms with Gasteiger partial charge in [-0.25, -0.2) is 0 Å². The Hall–Kier alpha value is -3.58. The predicted molar refractivity (Wildman–Crippen MR) is 132 cm³/mol. The summed E-state index contributed by atoms with van der Waals surface area (Å²) >= 11 is 0. The van der Waals surface area contributed by atoms with Gasteiger partial charge in [0, 0.05) is 56.0 Å². The second-order valence-corrected chi connectivity index (χ2v) is 9.14. The zero-order valence-electron chi connectivity index (χ0n) is 19.6. The molecule has 2 aliphatic rings. The van der Waals surface area contributed by atoms with Gasteiger partial charge in [0.15, 0.2) is 0 Å². The minimum absolute atomic E-state index is 0.0267. The fourth-order valence-electron chi connectivity index (χ4n) is 4.73. The zero-order chi connectivity index (χ0) is 23.5. The number of carbonyl (C=O) groups excluding carboxylic acids is 1. The molecular weight excluding hydrogens is 426 g/mol. The molecule has 7 heteroatoms. The van der Waals surface area contributed by atoms with Gasteiger partial charge < -0.3 is 9.64 Å². The minimum atomic E-state index is -0.462. The number of nitrogens with one attached hydrogen (secondary N) is 1. The van der Waals surface area contributed by atoms with Crippen molar-refractivity contribution in [1.82, 2.24) is 20.1 Å². The smallest absolute Gasteiger partial charge is 0.255 e. The van der Waals surface area contributed by atoms with Crippen LogP contribution in [0.25, 0.3) is 11.3 Å². The highest BCUT2D eigenvalue weighted by atomic mass is 16.5. The number of pyridine rings is 1. The number of amides is 1. The van der Waals surface area contributed by atoms with E-state index in [0.29, 0.717) is 31.2 Å². The van der Waals surface area contributed by atoms with Crippen molar-refractivity contribution < 1.29 is 9.53 Å². The van der Waals surface area contributed by atoms with Crippen LogP contribution in [0.4, 0.5) is 0 Å². The summed E-state index contributed by atoms with van der Waals surface area (Å²) in [5.41, 5.74) is 5.43. The Balaban J connectivity index is 1.21. The summed E-state index contributed by atoms with van der Waals surface area (Å²) in [6.45, 7) is 3.97. The van der Waals surface area contributed by atoms with E-state index < -0.39 is 5.41 Å². The quantitative estimate of drug-likeness (QED) is 0.601. The van der Waals surface area contributed by atoms with Gasteiger partial charge in [0.05, 0.1) is 29.0 Å². The van der Waals surface area contributed by atoms with Gasteiger partial charge in [-0.3, -0.25) is 19.9 Å². The third kappa shape index (κ3) is 4.31. The van der Waals surface area contributed by atoms with Crippen LogP contribution in [0.5, 0.6) is 0 Å². The first-order valence-electron chi connectivity index (χ1n) is 11.7. The van der Waals surface area contributed by atoms with Gasteiger partial charge in [-0.2, -0.15) is 5.10 Å². The molecule has 1 amide bonds. The van der Waals surface area contributed by atoms with Gasteiger partial charge >= 0.3 is 0 Å². The lowest BCUT2D eigenvalue weighted by Crippen LogP contribution is -2.38. The largest absolute Gasteiger partial charge is 0.383 e. The molecule has 0 spiro atoms. The summed E-state index contributed by atoms with van der Waals surface area (Å²) in [5, 5.41) is 7.74. The number of carbonyl (C=O) groups is 1. The number of H-pyrrole nitrogens is 1. The average Bonchev–Trinajstić information content (AvgIpc) is 3.56. The van der Waals surface area contributed by atoms with Crippen molar-refractivity contribution in [3.63, 3.8) is 0 Å². The number of hydrogen-bond acceptors (Lipinski definition) is 5. The second kappa shape index (κ2) is 9.35. The molecule has 0 aliphatic carbocycles. The fourth-order valence-corrected chi connectivity index (χ4v) is 4.73. The molecule has 34 heavy (non-hydrogen) atoms. The van der Waals surface area contributed by atoms with E-state index in [9.17, 15) is 4.79 Å². The van der Waals surface area contributed by atoms with E-state index in [1.54, 1.807) is 19.5 Å². The number of aliphatic imine (C=N–C) groups is 1. The molecule has 0 radical (unpaired) electrons. The number of aromatic nitrogens is 3. The molecule has 0 saturated carbocycles. The van der Waals surface area contributed by atoms with Crippen LogP contribution >= 0.6 is 0 Å². The number of rotatable bonds is 6. The van der Waals surface area contributed by atoms with Crippen LogP contribution < -0.4 is 0 Å². The van der Waals surface area contributed by atoms with Crippen molar-refractivity contribution in [2.75, 3.05) is 26.8 Å². The van der Waals surface area contributed by atoms with Crippen LogP contribution in [0.1, 0.15) is 46.1 Å².